The van der Waals surface area contributed by atoms with Gasteiger partial charge in [-0.3, -0.25) is 14.3 Å². The highest BCUT2D eigenvalue weighted by Crippen LogP contribution is 2.36. The predicted octanol–water partition coefficient (Wildman–Crippen LogP) is 3.38. The molecule has 10 heteroatoms. The molecular weight excluding hydrogens is 435 g/mol. The molecule has 2 heterocycles. The van der Waals surface area contributed by atoms with Gasteiger partial charge in [0.15, 0.2) is 0 Å². The lowest BCUT2D eigenvalue weighted by Crippen LogP contribution is -2.21. The number of hydrogen-bond acceptors (Lipinski definition) is 4. The molecule has 168 valence electrons. The molecule has 4 N–H and O–H groups in total. The van der Waals surface area contributed by atoms with Crippen LogP contribution in [0.2, 0.25) is 0 Å². The van der Waals surface area contributed by atoms with Crippen molar-refractivity contribution in [3.8, 4) is 11.1 Å². The number of nitrogens with zero attached hydrogens (tertiary/aromatic N) is 3. The number of hydrogen-bond donors (Lipinski definition) is 2. The van der Waals surface area contributed by atoms with E-state index in [2.05, 4.69) is 10.1 Å². The van der Waals surface area contributed by atoms with Gasteiger partial charge >= 0.3 is 0 Å². The Morgan fingerprint density at radius 3 is 2.24 bits per heavy atom. The fourth-order valence-corrected chi connectivity index (χ4v) is 3.96. The maximum absolute atomic E-state index is 14.2. The molecule has 0 spiro atoms. The molecule has 0 fully saturated rings. The Labute approximate surface area is 185 Å². The summed E-state index contributed by atoms with van der Waals surface area (Å²) in [6.45, 7) is 2.97. The van der Waals surface area contributed by atoms with Crippen LogP contribution in [0, 0.1) is 31.3 Å². The quantitative estimate of drug-likeness (QED) is 0.482. The van der Waals surface area contributed by atoms with E-state index in [0.717, 1.165) is 24.3 Å². The molecule has 4 aromatic rings. The van der Waals surface area contributed by atoms with Gasteiger partial charge in [0, 0.05) is 33.8 Å². The first-order valence-electron chi connectivity index (χ1n) is 9.80. The molecule has 0 bridgehead atoms. The minimum atomic E-state index is -0.967. The van der Waals surface area contributed by atoms with Gasteiger partial charge in [-0.25, -0.2) is 18.2 Å². The Hall–Kier alpha value is -4.21. The molecule has 2 aromatic heterocycles. The van der Waals surface area contributed by atoms with Crippen molar-refractivity contribution in [3.63, 3.8) is 0 Å². The summed E-state index contributed by atoms with van der Waals surface area (Å²) in [5.41, 5.74) is 11.7. The van der Waals surface area contributed by atoms with Crippen molar-refractivity contribution in [1.82, 2.24) is 14.8 Å². The highest BCUT2D eigenvalue weighted by molar-refractivity contribution is 6.15. The van der Waals surface area contributed by atoms with Gasteiger partial charge in [0.05, 0.1) is 23.3 Å². The summed E-state index contributed by atoms with van der Waals surface area (Å²) in [7, 11) is 0. The van der Waals surface area contributed by atoms with Gasteiger partial charge in [-0.15, -0.1) is 0 Å². The molecule has 33 heavy (non-hydrogen) atoms. The maximum Gasteiger partial charge on any atom is 0.267 e. The molecule has 0 saturated heterocycles. The Bertz CT molecular complexity index is 1440. The molecule has 4 rings (SSSR count). The molecule has 2 aromatic carbocycles. The number of aromatic nitrogens is 3. The topological polar surface area (TPSA) is 117 Å². The van der Waals surface area contributed by atoms with Gasteiger partial charge < -0.3 is 11.5 Å². The van der Waals surface area contributed by atoms with E-state index in [4.69, 9.17) is 11.5 Å². The summed E-state index contributed by atoms with van der Waals surface area (Å²) in [5.74, 6) is -3.97. The minimum Gasteiger partial charge on any atom is -0.366 e. The Morgan fingerprint density at radius 1 is 0.970 bits per heavy atom. The van der Waals surface area contributed by atoms with Crippen molar-refractivity contribution >= 4 is 22.7 Å². The van der Waals surface area contributed by atoms with Gasteiger partial charge in [-0.2, -0.15) is 5.10 Å². The highest BCUT2D eigenvalue weighted by Gasteiger charge is 2.28. The number of amides is 2. The molecule has 0 atom stereocenters. The Morgan fingerprint density at radius 2 is 1.64 bits per heavy atom. The summed E-state index contributed by atoms with van der Waals surface area (Å²) in [6.07, 6.45) is 0. The third-order valence-electron chi connectivity index (χ3n) is 5.43. The van der Waals surface area contributed by atoms with Crippen LogP contribution in [0.3, 0.4) is 0 Å². The van der Waals surface area contributed by atoms with Crippen LogP contribution in [-0.2, 0) is 6.54 Å². The van der Waals surface area contributed by atoms with Gasteiger partial charge in [-0.1, -0.05) is 6.07 Å². The normalized spacial score (nSPS) is 11.2. The lowest BCUT2D eigenvalue weighted by atomic mass is 9.92. The van der Waals surface area contributed by atoms with Crippen molar-refractivity contribution in [2.75, 3.05) is 0 Å². The molecule has 0 unspecified atom stereocenters. The molecule has 0 aliphatic rings. The summed E-state index contributed by atoms with van der Waals surface area (Å²) >= 11 is 0. The average Bonchev–Trinajstić information content (AvgIpc) is 3.01. The van der Waals surface area contributed by atoms with Crippen molar-refractivity contribution in [1.29, 1.82) is 0 Å². The molecule has 7 nitrogen and oxygen atoms in total. The number of nitrogens with two attached hydrogens (primary N) is 2. The third-order valence-corrected chi connectivity index (χ3v) is 5.43. The Balaban J connectivity index is 2.02. The van der Waals surface area contributed by atoms with Crippen LogP contribution in [0.25, 0.3) is 22.0 Å². The van der Waals surface area contributed by atoms with Crippen molar-refractivity contribution in [2.45, 2.75) is 20.4 Å². The number of rotatable bonds is 5. The fraction of sp³-hybridized carbons (Fsp3) is 0.130. The lowest BCUT2D eigenvalue weighted by molar-refractivity contribution is 0.0996. The number of aryl methyl sites for hydroxylation is 1. The van der Waals surface area contributed by atoms with E-state index in [1.165, 1.54) is 16.8 Å². The van der Waals surface area contributed by atoms with E-state index in [1.54, 1.807) is 13.8 Å². The van der Waals surface area contributed by atoms with E-state index in [-0.39, 0.29) is 39.8 Å². The molecule has 0 aliphatic heterocycles. The second kappa shape index (κ2) is 8.05. The standard InChI is InChI=1S/C23H18F3N5O2/c1-10-18(11(2)31(30-10)9-14-15(25)4-3-5-16(14)26)20-19(22(27)32)13-7-6-12(24)8-17(13)29-21(20)23(28)33/h3-8H,9H2,1-2H3,(H2,27,32)(H2,28,33). The van der Waals surface area contributed by atoms with Crippen molar-refractivity contribution < 1.29 is 22.8 Å². The summed E-state index contributed by atoms with van der Waals surface area (Å²) in [5, 5.41) is 4.57. The van der Waals surface area contributed by atoms with Gasteiger partial charge in [0.25, 0.3) is 5.91 Å². The monoisotopic (exact) mass is 453 g/mol. The lowest BCUT2D eigenvalue weighted by Gasteiger charge is -2.15. The number of carbonyl (C=O) groups is 2. The smallest absolute Gasteiger partial charge is 0.267 e. The maximum atomic E-state index is 14.2. The van der Waals surface area contributed by atoms with Crippen LogP contribution in [0.1, 0.15) is 37.8 Å². The summed E-state index contributed by atoms with van der Waals surface area (Å²) in [6, 6.07) is 7.04. The second-order valence-corrected chi connectivity index (χ2v) is 7.50. The molecule has 0 radical (unpaired) electrons. The SMILES string of the molecule is Cc1nn(Cc2c(F)cccc2F)c(C)c1-c1c(C(N)=O)nc2cc(F)ccc2c1C(N)=O. The van der Waals surface area contributed by atoms with E-state index < -0.39 is 29.3 Å². The van der Waals surface area contributed by atoms with Crippen molar-refractivity contribution in [2.24, 2.45) is 11.5 Å². The molecule has 2 amide bonds. The zero-order valence-electron chi connectivity index (χ0n) is 17.6. The average molecular weight is 453 g/mol. The number of pyridine rings is 1. The van der Waals surface area contributed by atoms with E-state index in [9.17, 15) is 22.8 Å². The summed E-state index contributed by atoms with van der Waals surface area (Å²) < 4.78 is 43.5. The van der Waals surface area contributed by atoms with Gasteiger partial charge in [0.1, 0.15) is 23.1 Å². The first-order chi connectivity index (χ1) is 15.6. The zero-order chi connectivity index (χ0) is 24.0. The molecule has 0 aliphatic carbocycles. The minimum absolute atomic E-state index is 0.0254. The van der Waals surface area contributed by atoms with Crippen LogP contribution in [0.4, 0.5) is 13.2 Å². The first kappa shape index (κ1) is 22.0. The van der Waals surface area contributed by atoms with Crippen LogP contribution < -0.4 is 11.5 Å². The third kappa shape index (κ3) is 3.69. The number of primary amides is 2. The number of carbonyl (C=O) groups excluding carboxylic acids is 2. The van der Waals surface area contributed by atoms with Gasteiger partial charge in [0.2, 0.25) is 5.91 Å². The van der Waals surface area contributed by atoms with E-state index >= 15 is 0 Å². The Kier molecular flexibility index (Phi) is 5.36. The predicted molar refractivity (Wildman–Crippen MR) is 115 cm³/mol. The second-order valence-electron chi connectivity index (χ2n) is 7.50. The number of halogens is 3. The molecule has 0 saturated carbocycles. The van der Waals surface area contributed by atoms with Crippen LogP contribution in [-0.4, -0.2) is 26.6 Å². The van der Waals surface area contributed by atoms with Crippen LogP contribution in [0.5, 0.6) is 0 Å². The van der Waals surface area contributed by atoms with Gasteiger partial charge in [-0.05, 0) is 38.1 Å². The summed E-state index contributed by atoms with van der Waals surface area (Å²) in [4.78, 5) is 29.0. The van der Waals surface area contributed by atoms with Crippen LogP contribution >= 0.6 is 0 Å². The van der Waals surface area contributed by atoms with Crippen LogP contribution in [0.15, 0.2) is 36.4 Å². The number of benzene rings is 2. The fourth-order valence-electron chi connectivity index (χ4n) is 3.96. The van der Waals surface area contributed by atoms with E-state index in [1.807, 2.05) is 0 Å². The molecular formula is C23H18F3N5O2. The van der Waals surface area contributed by atoms with Crippen molar-refractivity contribution in [3.05, 3.63) is 82.1 Å². The largest absolute Gasteiger partial charge is 0.366 e. The highest BCUT2D eigenvalue weighted by atomic mass is 19.1. The zero-order valence-corrected chi connectivity index (χ0v) is 17.6. The first-order valence-corrected chi connectivity index (χ1v) is 9.80. The van der Waals surface area contributed by atoms with E-state index in [0.29, 0.717) is 17.0 Å². The number of fused-ring (bicyclic) bond motifs is 1.